The number of halogens is 3. The minimum atomic E-state index is -0.722. The molecule has 4 nitrogen and oxygen atoms in total. The Morgan fingerprint density at radius 2 is 1.71 bits per heavy atom. The van der Waals surface area contributed by atoms with Gasteiger partial charge in [-0.2, -0.15) is 0 Å². The van der Waals surface area contributed by atoms with E-state index in [-0.39, 0.29) is 28.8 Å². The van der Waals surface area contributed by atoms with Gasteiger partial charge in [0.15, 0.2) is 5.43 Å². The zero-order valence-corrected chi connectivity index (χ0v) is 17.5. The fraction of sp³-hybridized carbons (Fsp3) is 0.0833. The van der Waals surface area contributed by atoms with Crippen LogP contribution in [0.3, 0.4) is 0 Å². The van der Waals surface area contributed by atoms with Crippen LogP contribution in [0.15, 0.2) is 75.9 Å². The molecule has 1 amide bonds. The molecular formula is C24H14Cl2FNO3. The summed E-state index contributed by atoms with van der Waals surface area (Å²) in [5.74, 6) is -1.03. The Labute approximate surface area is 186 Å². The van der Waals surface area contributed by atoms with Crippen LogP contribution in [0.4, 0.5) is 4.39 Å². The predicted molar refractivity (Wildman–Crippen MR) is 117 cm³/mol. The van der Waals surface area contributed by atoms with E-state index in [9.17, 15) is 14.0 Å². The van der Waals surface area contributed by atoms with Gasteiger partial charge in [0, 0.05) is 16.6 Å². The summed E-state index contributed by atoms with van der Waals surface area (Å²) in [6.45, 7) is 0.167. The number of amides is 1. The molecule has 1 unspecified atom stereocenters. The molecule has 7 heteroatoms. The highest BCUT2D eigenvalue weighted by Crippen LogP contribution is 2.40. The number of carbonyl (C=O) groups excluding carboxylic acids is 1. The van der Waals surface area contributed by atoms with E-state index in [4.69, 9.17) is 27.6 Å². The van der Waals surface area contributed by atoms with Crippen molar-refractivity contribution in [3.63, 3.8) is 0 Å². The van der Waals surface area contributed by atoms with Crippen LogP contribution >= 0.6 is 23.2 Å². The Balaban J connectivity index is 1.74. The second-order valence-electron chi connectivity index (χ2n) is 7.29. The van der Waals surface area contributed by atoms with Crippen molar-refractivity contribution in [1.29, 1.82) is 0 Å². The van der Waals surface area contributed by atoms with Crippen LogP contribution < -0.4 is 5.43 Å². The normalized spacial score (nSPS) is 15.5. The number of carbonyl (C=O) groups is 1. The van der Waals surface area contributed by atoms with Crippen LogP contribution in [0.2, 0.25) is 10.0 Å². The average Bonchev–Trinajstić information content (AvgIpc) is 3.03. The summed E-state index contributed by atoms with van der Waals surface area (Å²) < 4.78 is 19.6. The molecule has 0 fully saturated rings. The molecule has 4 aromatic rings. The Hall–Kier alpha value is -3.15. The number of fused-ring (bicyclic) bond motifs is 2. The van der Waals surface area contributed by atoms with Crippen LogP contribution in [-0.4, -0.2) is 10.8 Å². The summed E-state index contributed by atoms with van der Waals surface area (Å²) in [4.78, 5) is 28.3. The number of hydrogen-bond acceptors (Lipinski definition) is 3. The van der Waals surface area contributed by atoms with E-state index in [1.54, 1.807) is 36.4 Å². The minimum absolute atomic E-state index is 0.0453. The number of hydrogen-bond donors (Lipinski definition) is 0. The number of nitrogens with zero attached hydrogens (tertiary/aromatic N) is 1. The molecule has 0 N–H and O–H groups in total. The van der Waals surface area contributed by atoms with Crippen molar-refractivity contribution < 1.29 is 13.6 Å². The Morgan fingerprint density at radius 3 is 2.45 bits per heavy atom. The van der Waals surface area contributed by atoms with E-state index < -0.39 is 23.2 Å². The predicted octanol–water partition coefficient (Wildman–Crippen LogP) is 5.98. The lowest BCUT2D eigenvalue weighted by Gasteiger charge is -2.25. The molecule has 0 saturated heterocycles. The van der Waals surface area contributed by atoms with E-state index in [1.807, 2.05) is 12.1 Å². The molecular weight excluding hydrogens is 440 g/mol. The lowest BCUT2D eigenvalue weighted by atomic mass is 9.98. The molecule has 154 valence electrons. The quantitative estimate of drug-likeness (QED) is 0.383. The highest BCUT2D eigenvalue weighted by atomic mass is 35.5. The van der Waals surface area contributed by atoms with E-state index in [1.165, 1.54) is 17.0 Å². The van der Waals surface area contributed by atoms with Crippen molar-refractivity contribution in [3.05, 3.63) is 115 Å². The highest BCUT2D eigenvalue weighted by Gasteiger charge is 2.42. The molecule has 1 atom stereocenters. The van der Waals surface area contributed by atoms with Gasteiger partial charge < -0.3 is 9.32 Å². The monoisotopic (exact) mass is 453 g/mol. The van der Waals surface area contributed by atoms with Gasteiger partial charge in [-0.1, -0.05) is 53.5 Å². The SMILES string of the molecule is O=C1c2oc3ccc(F)cc3c(=O)c2C(c2ccc(Cl)cc2)N1Cc1ccccc1Cl. The molecule has 3 aromatic carbocycles. The summed E-state index contributed by atoms with van der Waals surface area (Å²) >= 11 is 12.4. The first-order valence-electron chi connectivity index (χ1n) is 9.50. The molecule has 5 rings (SSSR count). The van der Waals surface area contributed by atoms with Gasteiger partial charge in [-0.3, -0.25) is 9.59 Å². The molecule has 1 aliphatic heterocycles. The Kier molecular flexibility index (Phi) is 4.80. The molecule has 0 aliphatic carbocycles. The third-order valence-corrected chi connectivity index (χ3v) is 6.03. The molecule has 1 aromatic heterocycles. The van der Waals surface area contributed by atoms with E-state index in [0.717, 1.165) is 11.6 Å². The van der Waals surface area contributed by atoms with Crippen molar-refractivity contribution in [2.24, 2.45) is 0 Å². The second-order valence-corrected chi connectivity index (χ2v) is 8.14. The summed E-state index contributed by atoms with van der Waals surface area (Å²) in [6, 6.07) is 17.0. The number of benzene rings is 3. The van der Waals surface area contributed by atoms with Gasteiger partial charge in [0.1, 0.15) is 11.4 Å². The summed E-state index contributed by atoms with van der Waals surface area (Å²) in [6.07, 6.45) is 0. The number of rotatable bonds is 3. The van der Waals surface area contributed by atoms with E-state index in [2.05, 4.69) is 0 Å². The van der Waals surface area contributed by atoms with Gasteiger partial charge in [0.05, 0.1) is 17.0 Å². The Bertz CT molecular complexity index is 1400. The molecule has 0 spiro atoms. The molecule has 0 radical (unpaired) electrons. The van der Waals surface area contributed by atoms with E-state index in [0.29, 0.717) is 15.6 Å². The first-order valence-corrected chi connectivity index (χ1v) is 10.3. The van der Waals surface area contributed by atoms with Gasteiger partial charge in [0.25, 0.3) is 5.91 Å². The Morgan fingerprint density at radius 1 is 0.968 bits per heavy atom. The van der Waals surface area contributed by atoms with Crippen molar-refractivity contribution >= 4 is 40.1 Å². The fourth-order valence-electron chi connectivity index (χ4n) is 3.96. The summed E-state index contributed by atoms with van der Waals surface area (Å²) in [5.41, 5.74) is 1.31. The average molecular weight is 454 g/mol. The van der Waals surface area contributed by atoms with Crippen molar-refractivity contribution in [1.82, 2.24) is 4.90 Å². The van der Waals surface area contributed by atoms with Gasteiger partial charge >= 0.3 is 0 Å². The standard InChI is InChI=1S/C24H14Cl2FNO3/c25-15-7-5-13(6-8-15)21-20-22(29)17-11-16(27)9-10-19(17)31-23(20)24(30)28(21)12-14-3-1-2-4-18(14)26/h1-11,21H,12H2. The van der Waals surface area contributed by atoms with Crippen LogP contribution in [0.1, 0.15) is 33.3 Å². The molecule has 1 aliphatic rings. The van der Waals surface area contributed by atoms with Crippen LogP contribution in [0.5, 0.6) is 0 Å². The van der Waals surface area contributed by atoms with Gasteiger partial charge in [-0.25, -0.2) is 4.39 Å². The van der Waals surface area contributed by atoms with Crippen molar-refractivity contribution in [3.8, 4) is 0 Å². The van der Waals surface area contributed by atoms with Crippen LogP contribution in [-0.2, 0) is 6.54 Å². The second kappa shape index (κ2) is 7.52. The van der Waals surface area contributed by atoms with Crippen LogP contribution in [0.25, 0.3) is 11.0 Å². The van der Waals surface area contributed by atoms with Gasteiger partial charge in [0.2, 0.25) is 5.76 Å². The third kappa shape index (κ3) is 3.30. The minimum Gasteiger partial charge on any atom is -0.450 e. The lowest BCUT2D eigenvalue weighted by molar-refractivity contribution is 0.0714. The fourth-order valence-corrected chi connectivity index (χ4v) is 4.28. The summed E-state index contributed by atoms with van der Waals surface area (Å²) in [7, 11) is 0. The van der Waals surface area contributed by atoms with Gasteiger partial charge in [-0.05, 0) is 47.5 Å². The topological polar surface area (TPSA) is 50.5 Å². The largest absolute Gasteiger partial charge is 0.450 e. The zero-order valence-electron chi connectivity index (χ0n) is 15.9. The maximum absolute atomic E-state index is 13.8. The molecule has 0 bridgehead atoms. The van der Waals surface area contributed by atoms with E-state index >= 15 is 0 Å². The third-order valence-electron chi connectivity index (χ3n) is 5.41. The van der Waals surface area contributed by atoms with Gasteiger partial charge in [-0.15, -0.1) is 0 Å². The first-order chi connectivity index (χ1) is 14.9. The van der Waals surface area contributed by atoms with Crippen molar-refractivity contribution in [2.75, 3.05) is 0 Å². The molecule has 2 heterocycles. The maximum Gasteiger partial charge on any atom is 0.291 e. The van der Waals surface area contributed by atoms with Crippen molar-refractivity contribution in [2.45, 2.75) is 12.6 Å². The smallest absolute Gasteiger partial charge is 0.291 e. The molecule has 0 saturated carbocycles. The summed E-state index contributed by atoms with van der Waals surface area (Å²) in [5, 5.41) is 1.12. The zero-order chi connectivity index (χ0) is 21.7. The first kappa shape index (κ1) is 19.8. The highest BCUT2D eigenvalue weighted by molar-refractivity contribution is 6.31. The van der Waals surface area contributed by atoms with Crippen LogP contribution in [0, 0.1) is 5.82 Å². The lowest BCUT2D eigenvalue weighted by Crippen LogP contribution is -2.29. The maximum atomic E-state index is 13.8. The molecule has 31 heavy (non-hydrogen) atoms.